The van der Waals surface area contributed by atoms with E-state index in [1.807, 2.05) is 50.2 Å². The van der Waals surface area contributed by atoms with Gasteiger partial charge in [0.2, 0.25) is 0 Å². The maximum Gasteiger partial charge on any atom is 0.416 e. The molecule has 4 rings (SSSR count). The maximum absolute atomic E-state index is 13.4. The fourth-order valence-corrected chi connectivity index (χ4v) is 4.44. The molecule has 3 aromatic carbocycles. The Balaban J connectivity index is 1.76. The van der Waals surface area contributed by atoms with Crippen LogP contribution >= 0.6 is 11.3 Å². The summed E-state index contributed by atoms with van der Waals surface area (Å²) in [5.41, 5.74) is 3.23. The van der Waals surface area contributed by atoms with Crippen LogP contribution in [0, 0.1) is 13.8 Å². The van der Waals surface area contributed by atoms with Gasteiger partial charge in [-0.05, 0) is 60.9 Å². The van der Waals surface area contributed by atoms with E-state index in [0.717, 1.165) is 39.0 Å². The van der Waals surface area contributed by atoms with Crippen molar-refractivity contribution in [2.75, 3.05) is 4.90 Å². The number of carbonyl (C=O) groups excluding carboxylic acids is 1. The van der Waals surface area contributed by atoms with Gasteiger partial charge in [0.1, 0.15) is 0 Å². The number of thiazole rings is 1. The molecular weight excluding hydrogens is 421 g/mol. The number of hydrogen-bond donors (Lipinski definition) is 0. The van der Waals surface area contributed by atoms with Crippen molar-refractivity contribution in [3.63, 3.8) is 0 Å². The maximum atomic E-state index is 13.4. The van der Waals surface area contributed by atoms with Gasteiger partial charge in [0.05, 0.1) is 22.3 Å². The highest BCUT2D eigenvalue weighted by Gasteiger charge is 2.31. The van der Waals surface area contributed by atoms with Crippen LogP contribution in [0.4, 0.5) is 18.3 Å². The molecule has 0 unspecified atom stereocenters. The average Bonchev–Trinajstić information content (AvgIpc) is 3.16. The van der Waals surface area contributed by atoms with E-state index in [2.05, 4.69) is 11.1 Å². The number of halogens is 3. The second-order valence-electron chi connectivity index (χ2n) is 7.38. The Bertz CT molecular complexity index is 1230. The van der Waals surface area contributed by atoms with E-state index in [0.29, 0.717) is 5.13 Å². The molecule has 1 aromatic heterocycles. The third kappa shape index (κ3) is 4.46. The van der Waals surface area contributed by atoms with Gasteiger partial charge in [-0.1, -0.05) is 47.7 Å². The predicted molar refractivity (Wildman–Crippen MR) is 117 cm³/mol. The summed E-state index contributed by atoms with van der Waals surface area (Å²) in [6, 6.07) is 17.7. The lowest BCUT2D eigenvalue weighted by atomic mass is 10.1. The number of aromatic nitrogens is 1. The van der Waals surface area contributed by atoms with Gasteiger partial charge in [0, 0.05) is 5.56 Å². The lowest BCUT2D eigenvalue weighted by Gasteiger charge is -2.20. The zero-order valence-electron chi connectivity index (χ0n) is 16.9. The Labute approximate surface area is 181 Å². The number of amides is 1. The Kier molecular flexibility index (Phi) is 5.54. The molecule has 0 bridgehead atoms. The van der Waals surface area contributed by atoms with E-state index in [9.17, 15) is 18.0 Å². The molecule has 31 heavy (non-hydrogen) atoms. The molecule has 0 spiro atoms. The Morgan fingerprint density at radius 2 is 1.68 bits per heavy atom. The van der Waals surface area contributed by atoms with Crippen LogP contribution in [0.1, 0.15) is 32.6 Å². The first kappa shape index (κ1) is 21.1. The van der Waals surface area contributed by atoms with Crippen molar-refractivity contribution in [3.05, 3.63) is 94.5 Å². The van der Waals surface area contributed by atoms with Gasteiger partial charge >= 0.3 is 6.18 Å². The lowest BCUT2D eigenvalue weighted by Crippen LogP contribution is -2.30. The number of carbonyl (C=O) groups is 1. The number of fused-ring (bicyclic) bond motifs is 1. The van der Waals surface area contributed by atoms with Crippen LogP contribution in [0.15, 0.2) is 66.7 Å². The Hall–Kier alpha value is -3.19. The summed E-state index contributed by atoms with van der Waals surface area (Å²) in [4.78, 5) is 19.6. The average molecular weight is 440 g/mol. The lowest BCUT2D eigenvalue weighted by molar-refractivity contribution is -0.137. The molecule has 0 aliphatic rings. The second kappa shape index (κ2) is 8.15. The molecule has 7 heteroatoms. The van der Waals surface area contributed by atoms with Gasteiger partial charge in [-0.2, -0.15) is 13.2 Å². The summed E-state index contributed by atoms with van der Waals surface area (Å²) in [6.07, 6.45) is -4.45. The zero-order chi connectivity index (χ0) is 22.2. The number of anilines is 1. The largest absolute Gasteiger partial charge is 0.416 e. The number of benzene rings is 3. The van der Waals surface area contributed by atoms with Crippen LogP contribution < -0.4 is 4.90 Å². The Morgan fingerprint density at radius 3 is 2.32 bits per heavy atom. The summed E-state index contributed by atoms with van der Waals surface area (Å²) in [5, 5.41) is 0.512. The van der Waals surface area contributed by atoms with Gasteiger partial charge < -0.3 is 0 Å². The van der Waals surface area contributed by atoms with Crippen LogP contribution in [-0.2, 0) is 12.7 Å². The van der Waals surface area contributed by atoms with Crippen molar-refractivity contribution in [1.29, 1.82) is 0 Å². The highest BCUT2D eigenvalue weighted by atomic mass is 32.1. The highest BCUT2D eigenvalue weighted by molar-refractivity contribution is 7.22. The minimum atomic E-state index is -4.45. The number of alkyl halides is 3. The van der Waals surface area contributed by atoms with Crippen molar-refractivity contribution >= 4 is 32.6 Å². The second-order valence-corrected chi connectivity index (χ2v) is 8.36. The molecule has 1 heterocycles. The van der Waals surface area contributed by atoms with Gasteiger partial charge in [-0.15, -0.1) is 0 Å². The van der Waals surface area contributed by atoms with Gasteiger partial charge in [-0.25, -0.2) is 4.98 Å². The quantitative estimate of drug-likeness (QED) is 0.350. The van der Waals surface area contributed by atoms with Crippen molar-refractivity contribution < 1.29 is 18.0 Å². The molecule has 3 nitrogen and oxygen atoms in total. The van der Waals surface area contributed by atoms with Crippen LogP contribution in [0.5, 0.6) is 0 Å². The SMILES string of the molecule is Cc1cc(C)c2sc(N(Cc3ccccc3)C(=O)c3ccc(C(F)(F)F)cc3)nc2c1. The van der Waals surface area contributed by atoms with Crippen molar-refractivity contribution in [1.82, 2.24) is 4.98 Å². The minimum absolute atomic E-state index is 0.177. The zero-order valence-corrected chi connectivity index (χ0v) is 17.7. The number of nitrogens with zero attached hydrogens (tertiary/aromatic N) is 2. The Morgan fingerprint density at radius 1 is 1.00 bits per heavy atom. The summed E-state index contributed by atoms with van der Waals surface area (Å²) in [5.74, 6) is -0.397. The van der Waals surface area contributed by atoms with Gasteiger partial charge in [0.25, 0.3) is 5.91 Å². The summed E-state index contributed by atoms with van der Waals surface area (Å²) >= 11 is 1.40. The van der Waals surface area contributed by atoms with Crippen molar-refractivity contribution in [2.45, 2.75) is 26.6 Å². The molecule has 0 aliphatic heterocycles. The molecule has 4 aromatic rings. The first-order valence-corrected chi connectivity index (χ1v) is 10.4. The molecule has 0 saturated heterocycles. The van der Waals surface area contributed by atoms with E-state index < -0.39 is 17.6 Å². The molecule has 0 fully saturated rings. The van der Waals surface area contributed by atoms with Gasteiger partial charge in [0.15, 0.2) is 5.13 Å². The normalized spacial score (nSPS) is 11.6. The van der Waals surface area contributed by atoms with Crippen molar-refractivity contribution in [2.24, 2.45) is 0 Å². The number of aryl methyl sites for hydroxylation is 2. The molecule has 0 N–H and O–H groups in total. The van der Waals surface area contributed by atoms with Crippen LogP contribution in [-0.4, -0.2) is 10.9 Å². The summed E-state index contributed by atoms with van der Waals surface area (Å²) in [6.45, 7) is 4.25. The fraction of sp³-hybridized carbons (Fsp3) is 0.167. The number of rotatable bonds is 4. The van der Waals surface area contributed by atoms with Crippen LogP contribution in [0.3, 0.4) is 0 Å². The van der Waals surface area contributed by atoms with Crippen molar-refractivity contribution in [3.8, 4) is 0 Å². The van der Waals surface area contributed by atoms with Crippen LogP contribution in [0.2, 0.25) is 0 Å². The van der Waals surface area contributed by atoms with E-state index in [-0.39, 0.29) is 12.1 Å². The third-order valence-electron chi connectivity index (χ3n) is 4.93. The van der Waals surface area contributed by atoms with E-state index in [1.165, 1.54) is 28.4 Å². The molecule has 0 atom stereocenters. The first-order valence-electron chi connectivity index (χ1n) is 9.63. The summed E-state index contributed by atoms with van der Waals surface area (Å²) in [7, 11) is 0. The molecular formula is C24H19F3N2OS. The monoisotopic (exact) mass is 440 g/mol. The predicted octanol–water partition coefficient (Wildman–Crippen LogP) is 6.78. The third-order valence-corrected chi connectivity index (χ3v) is 6.16. The highest BCUT2D eigenvalue weighted by Crippen LogP contribution is 2.34. The van der Waals surface area contributed by atoms with Gasteiger partial charge in [-0.3, -0.25) is 9.69 Å². The standard InChI is InChI=1S/C24H19F3N2OS/c1-15-12-16(2)21-20(13-15)28-23(31-21)29(14-17-6-4-3-5-7-17)22(30)18-8-10-19(11-9-18)24(25,26)27/h3-13H,14H2,1-2H3. The fourth-order valence-electron chi connectivity index (χ4n) is 3.43. The smallest absolute Gasteiger partial charge is 0.279 e. The molecule has 0 saturated carbocycles. The topological polar surface area (TPSA) is 33.2 Å². The molecule has 158 valence electrons. The molecule has 0 radical (unpaired) electrons. The van der Waals surface area contributed by atoms with Crippen LogP contribution in [0.25, 0.3) is 10.2 Å². The molecule has 1 amide bonds. The minimum Gasteiger partial charge on any atom is -0.279 e. The first-order chi connectivity index (χ1) is 14.7. The summed E-state index contributed by atoms with van der Waals surface area (Å²) < 4.78 is 39.7. The molecule has 0 aliphatic carbocycles. The number of hydrogen-bond acceptors (Lipinski definition) is 3. The van der Waals surface area contributed by atoms with E-state index in [4.69, 9.17) is 0 Å². The van der Waals surface area contributed by atoms with E-state index >= 15 is 0 Å². The van der Waals surface area contributed by atoms with E-state index in [1.54, 1.807) is 0 Å².